The third kappa shape index (κ3) is 5.08. The van der Waals surface area contributed by atoms with Crippen molar-refractivity contribution in [2.45, 2.75) is 6.42 Å². The molecule has 0 aliphatic carbocycles. The van der Waals surface area contributed by atoms with Crippen LogP contribution in [0.25, 0.3) is 0 Å². The second kappa shape index (κ2) is 6.76. The number of carbonyl (C=O) groups is 1. The Hall–Kier alpha value is -1.44. The molecule has 122 valence electrons. The molecule has 22 heavy (non-hydrogen) atoms. The first-order chi connectivity index (χ1) is 10.3. The Morgan fingerprint density at radius 3 is 2.36 bits per heavy atom. The molecule has 0 atom stereocenters. The molecule has 0 aromatic heterocycles. The van der Waals surface area contributed by atoms with Crippen molar-refractivity contribution in [2.75, 3.05) is 45.5 Å². The van der Waals surface area contributed by atoms with Crippen molar-refractivity contribution in [1.82, 2.24) is 4.90 Å². The van der Waals surface area contributed by atoms with Gasteiger partial charge in [0.1, 0.15) is 5.75 Å². The minimum Gasteiger partial charge on any atom is -0.331 e. The summed E-state index contributed by atoms with van der Waals surface area (Å²) in [7, 11) is -1.97. The van der Waals surface area contributed by atoms with Crippen molar-refractivity contribution >= 4 is 16.0 Å². The van der Waals surface area contributed by atoms with Crippen LogP contribution < -0.4 is 0 Å². The van der Waals surface area contributed by atoms with Gasteiger partial charge in [0.2, 0.25) is 5.91 Å². The number of likely N-dealkylation sites (N-methyl/N-ethyl adjacent to an activating group) is 1. The molecule has 0 bridgehead atoms. The average molecular weight is 327 g/mol. The first kappa shape index (κ1) is 16.9. The van der Waals surface area contributed by atoms with Gasteiger partial charge in [-0.3, -0.25) is 9.35 Å². The standard InChI is InChI=1S/C15H22N2O4S/c1-17(11-12-22(19,20)21)9-7-16(8-10-17)15(18)13-14-5-3-2-4-6-14/h2-6H,7-13H2,1H3/p+1. The molecule has 0 unspecified atom stereocenters. The van der Waals surface area contributed by atoms with Crippen molar-refractivity contribution in [1.29, 1.82) is 0 Å². The second-order valence-electron chi connectivity index (χ2n) is 6.12. The number of piperazine rings is 1. The van der Waals surface area contributed by atoms with Crippen molar-refractivity contribution in [3.63, 3.8) is 0 Å². The summed E-state index contributed by atoms with van der Waals surface area (Å²) in [5.41, 5.74) is 1.00. The van der Waals surface area contributed by atoms with Gasteiger partial charge in [-0.15, -0.1) is 0 Å². The SMILES string of the molecule is C[N+]1(CCS(=O)(=O)O)CCN(C(=O)Cc2ccccc2)CC1. The molecular formula is C15H23N2O4S+. The van der Waals surface area contributed by atoms with Crippen LogP contribution in [0.3, 0.4) is 0 Å². The largest absolute Gasteiger partial charge is 0.331 e. The Kier molecular flexibility index (Phi) is 5.20. The summed E-state index contributed by atoms with van der Waals surface area (Å²) in [4.78, 5) is 14.1. The van der Waals surface area contributed by atoms with Crippen LogP contribution >= 0.6 is 0 Å². The molecule has 1 fully saturated rings. The molecule has 7 heteroatoms. The van der Waals surface area contributed by atoms with Gasteiger partial charge in [0, 0.05) is 0 Å². The van der Waals surface area contributed by atoms with E-state index < -0.39 is 10.1 Å². The minimum absolute atomic E-state index is 0.104. The molecule has 0 saturated carbocycles. The van der Waals surface area contributed by atoms with Gasteiger partial charge in [-0.2, -0.15) is 8.42 Å². The summed E-state index contributed by atoms with van der Waals surface area (Å²) >= 11 is 0. The quantitative estimate of drug-likeness (QED) is 0.628. The van der Waals surface area contributed by atoms with Crippen molar-refractivity contribution < 1.29 is 22.2 Å². The zero-order valence-electron chi connectivity index (χ0n) is 12.8. The van der Waals surface area contributed by atoms with Crippen LogP contribution in [0, 0.1) is 0 Å². The smallest absolute Gasteiger partial charge is 0.270 e. The van der Waals surface area contributed by atoms with Gasteiger partial charge in [-0.25, -0.2) is 0 Å². The summed E-state index contributed by atoms with van der Waals surface area (Å²) in [6.07, 6.45) is 0.398. The average Bonchev–Trinajstić information content (AvgIpc) is 2.46. The van der Waals surface area contributed by atoms with Crippen LogP contribution in [0.4, 0.5) is 0 Å². The normalized spacial score (nSPS) is 18.2. The molecule has 1 amide bonds. The predicted molar refractivity (Wildman–Crippen MR) is 83.9 cm³/mol. The highest BCUT2D eigenvalue weighted by molar-refractivity contribution is 7.85. The molecular weight excluding hydrogens is 304 g/mol. The maximum atomic E-state index is 12.3. The molecule has 0 spiro atoms. The van der Waals surface area contributed by atoms with Crippen LogP contribution in [-0.2, 0) is 21.3 Å². The Bertz CT molecular complexity index is 608. The third-order valence-corrected chi connectivity index (χ3v) is 4.96. The predicted octanol–water partition coefficient (Wildman–Crippen LogP) is 0.406. The Labute approximate surface area is 131 Å². The Balaban J connectivity index is 1.85. The zero-order valence-corrected chi connectivity index (χ0v) is 13.6. The van der Waals surface area contributed by atoms with Gasteiger partial charge in [-0.1, -0.05) is 30.3 Å². The minimum atomic E-state index is -3.93. The summed E-state index contributed by atoms with van der Waals surface area (Å²) < 4.78 is 31.2. The van der Waals surface area contributed by atoms with E-state index in [9.17, 15) is 13.2 Å². The highest BCUT2D eigenvalue weighted by atomic mass is 32.2. The third-order valence-electron chi connectivity index (χ3n) is 4.26. The number of amides is 1. The van der Waals surface area contributed by atoms with E-state index in [-0.39, 0.29) is 11.7 Å². The Morgan fingerprint density at radius 2 is 1.82 bits per heavy atom. The highest BCUT2D eigenvalue weighted by Gasteiger charge is 2.31. The fourth-order valence-electron chi connectivity index (χ4n) is 2.64. The summed E-state index contributed by atoms with van der Waals surface area (Å²) in [5, 5.41) is 0. The van der Waals surface area contributed by atoms with E-state index in [1.54, 1.807) is 0 Å². The van der Waals surface area contributed by atoms with Gasteiger partial charge in [0.05, 0.1) is 46.2 Å². The number of benzene rings is 1. The molecule has 2 rings (SSSR count). The van der Waals surface area contributed by atoms with Crippen LogP contribution in [0.2, 0.25) is 0 Å². The molecule has 6 nitrogen and oxygen atoms in total. The van der Waals surface area contributed by atoms with E-state index >= 15 is 0 Å². The zero-order chi connectivity index (χ0) is 16.2. The number of nitrogens with zero attached hydrogens (tertiary/aromatic N) is 2. The van der Waals surface area contributed by atoms with E-state index in [2.05, 4.69) is 0 Å². The van der Waals surface area contributed by atoms with E-state index in [0.29, 0.717) is 43.6 Å². The van der Waals surface area contributed by atoms with Crippen LogP contribution in [-0.4, -0.2) is 73.8 Å². The first-order valence-corrected chi connectivity index (χ1v) is 8.99. The maximum Gasteiger partial charge on any atom is 0.270 e. The van der Waals surface area contributed by atoms with Crippen molar-refractivity contribution in [3.8, 4) is 0 Å². The molecule has 1 aliphatic rings. The summed E-state index contributed by atoms with van der Waals surface area (Å²) in [6.45, 7) is 3.02. The van der Waals surface area contributed by atoms with E-state index in [1.807, 2.05) is 42.3 Å². The molecule has 1 heterocycles. The lowest BCUT2D eigenvalue weighted by Gasteiger charge is -2.41. The van der Waals surface area contributed by atoms with Gasteiger partial charge in [0.25, 0.3) is 10.1 Å². The fourth-order valence-corrected chi connectivity index (χ4v) is 3.31. The Morgan fingerprint density at radius 1 is 1.23 bits per heavy atom. The van der Waals surface area contributed by atoms with Crippen LogP contribution in [0.1, 0.15) is 5.56 Å². The first-order valence-electron chi connectivity index (χ1n) is 7.38. The lowest BCUT2D eigenvalue weighted by atomic mass is 10.1. The number of hydrogen-bond acceptors (Lipinski definition) is 3. The lowest BCUT2D eigenvalue weighted by molar-refractivity contribution is -0.910. The van der Waals surface area contributed by atoms with Crippen molar-refractivity contribution in [2.24, 2.45) is 0 Å². The van der Waals surface area contributed by atoms with E-state index in [1.165, 1.54) is 0 Å². The maximum absolute atomic E-state index is 12.3. The van der Waals surface area contributed by atoms with Gasteiger partial charge < -0.3 is 9.38 Å². The molecule has 1 aliphatic heterocycles. The summed E-state index contributed by atoms with van der Waals surface area (Å²) in [6, 6.07) is 9.64. The van der Waals surface area contributed by atoms with Crippen LogP contribution in [0.5, 0.6) is 0 Å². The molecule has 1 saturated heterocycles. The van der Waals surface area contributed by atoms with Crippen molar-refractivity contribution in [3.05, 3.63) is 35.9 Å². The van der Waals surface area contributed by atoms with Gasteiger partial charge in [-0.05, 0) is 5.56 Å². The lowest BCUT2D eigenvalue weighted by Crippen LogP contribution is -2.59. The molecule has 1 aromatic carbocycles. The summed E-state index contributed by atoms with van der Waals surface area (Å²) in [5.74, 6) is -0.131. The number of carbonyl (C=O) groups excluding carboxylic acids is 1. The molecule has 0 radical (unpaired) electrons. The van der Waals surface area contributed by atoms with Crippen LogP contribution in [0.15, 0.2) is 30.3 Å². The molecule has 1 N–H and O–H groups in total. The number of hydrogen-bond donors (Lipinski definition) is 1. The number of rotatable bonds is 5. The fraction of sp³-hybridized carbons (Fsp3) is 0.533. The van der Waals surface area contributed by atoms with Gasteiger partial charge in [0.15, 0.2) is 0 Å². The van der Waals surface area contributed by atoms with Gasteiger partial charge >= 0.3 is 0 Å². The second-order valence-corrected chi connectivity index (χ2v) is 7.69. The van der Waals surface area contributed by atoms with E-state index in [4.69, 9.17) is 4.55 Å². The number of quaternary nitrogens is 1. The highest BCUT2D eigenvalue weighted by Crippen LogP contribution is 2.12. The van der Waals surface area contributed by atoms with E-state index in [0.717, 1.165) is 5.56 Å². The topological polar surface area (TPSA) is 74.7 Å². The molecule has 1 aromatic rings. The monoisotopic (exact) mass is 327 g/mol.